The lowest BCUT2D eigenvalue weighted by Crippen LogP contribution is -2.19. The number of imidazole rings is 1. The zero-order valence-electron chi connectivity index (χ0n) is 12.6. The van der Waals surface area contributed by atoms with Crippen LogP contribution in [0.4, 0.5) is 0 Å². The lowest BCUT2D eigenvalue weighted by atomic mass is 10.0. The van der Waals surface area contributed by atoms with E-state index in [1.54, 1.807) is 6.20 Å². The normalized spacial score (nSPS) is 13.1. The summed E-state index contributed by atoms with van der Waals surface area (Å²) in [6, 6.07) is 6.31. The van der Waals surface area contributed by atoms with Crippen molar-refractivity contribution >= 4 is 11.0 Å². The molecule has 2 aromatic heterocycles. The maximum atomic E-state index is 5.34. The molecule has 2 N–H and O–H groups in total. The van der Waals surface area contributed by atoms with E-state index in [4.69, 9.17) is 9.40 Å². The molecule has 3 aromatic rings. The molecular weight excluding hydrogens is 264 g/mol. The van der Waals surface area contributed by atoms with Crippen molar-refractivity contribution in [3.05, 3.63) is 36.6 Å². The molecule has 1 atom stereocenters. The zero-order valence-corrected chi connectivity index (χ0v) is 12.6. The molecule has 0 fully saturated rings. The van der Waals surface area contributed by atoms with Crippen molar-refractivity contribution in [3.8, 4) is 11.3 Å². The second-order valence-corrected chi connectivity index (χ2v) is 5.69. The van der Waals surface area contributed by atoms with Crippen molar-refractivity contribution in [2.75, 3.05) is 7.05 Å². The standard InChI is InChI=1S/C16H20N4O/c1-10(2)6-14(17-3)16-19-12-5-4-11(7-13(12)20-16)15-8-18-9-21-15/h4-5,7-10,14,17H,6H2,1-3H3,(H,19,20)/t14-/m1/s1. The maximum Gasteiger partial charge on any atom is 0.181 e. The summed E-state index contributed by atoms with van der Waals surface area (Å²) >= 11 is 0. The summed E-state index contributed by atoms with van der Waals surface area (Å²) in [6.45, 7) is 4.43. The highest BCUT2D eigenvalue weighted by Gasteiger charge is 2.16. The van der Waals surface area contributed by atoms with Gasteiger partial charge in [0.15, 0.2) is 12.2 Å². The number of oxazole rings is 1. The Bertz CT molecular complexity index is 715. The number of H-pyrrole nitrogens is 1. The van der Waals surface area contributed by atoms with E-state index in [0.717, 1.165) is 34.6 Å². The minimum Gasteiger partial charge on any atom is -0.444 e. The number of benzene rings is 1. The molecule has 110 valence electrons. The van der Waals surface area contributed by atoms with E-state index < -0.39 is 0 Å². The molecule has 0 saturated heterocycles. The molecule has 0 aliphatic carbocycles. The molecule has 2 heterocycles. The van der Waals surface area contributed by atoms with Crippen LogP contribution in [-0.4, -0.2) is 22.0 Å². The van der Waals surface area contributed by atoms with Crippen molar-refractivity contribution in [2.45, 2.75) is 26.3 Å². The van der Waals surface area contributed by atoms with Gasteiger partial charge in [0.1, 0.15) is 5.82 Å². The first kappa shape index (κ1) is 13.8. The molecule has 1 aromatic carbocycles. The van der Waals surface area contributed by atoms with Crippen molar-refractivity contribution in [3.63, 3.8) is 0 Å². The number of nitrogens with zero attached hydrogens (tertiary/aromatic N) is 2. The number of aromatic amines is 1. The number of rotatable bonds is 5. The summed E-state index contributed by atoms with van der Waals surface area (Å²) in [5.41, 5.74) is 2.99. The fourth-order valence-corrected chi connectivity index (χ4v) is 2.54. The number of nitrogens with one attached hydrogen (secondary N) is 2. The Labute approximate surface area is 123 Å². The van der Waals surface area contributed by atoms with E-state index in [2.05, 4.69) is 35.2 Å². The quantitative estimate of drug-likeness (QED) is 0.752. The van der Waals surface area contributed by atoms with E-state index in [1.165, 1.54) is 6.39 Å². The van der Waals surface area contributed by atoms with Gasteiger partial charge in [-0.1, -0.05) is 13.8 Å². The van der Waals surface area contributed by atoms with Crippen LogP contribution in [0.2, 0.25) is 0 Å². The Hall–Kier alpha value is -2.14. The largest absolute Gasteiger partial charge is 0.444 e. The topological polar surface area (TPSA) is 66.7 Å². The summed E-state index contributed by atoms with van der Waals surface area (Å²) in [6.07, 6.45) is 4.20. The van der Waals surface area contributed by atoms with Crippen LogP contribution in [0.3, 0.4) is 0 Å². The molecule has 0 unspecified atom stereocenters. The van der Waals surface area contributed by atoms with Gasteiger partial charge in [-0.3, -0.25) is 0 Å². The van der Waals surface area contributed by atoms with Crippen molar-refractivity contribution in [2.24, 2.45) is 5.92 Å². The zero-order chi connectivity index (χ0) is 14.8. The molecule has 0 aliphatic heterocycles. The molecule has 5 heteroatoms. The van der Waals surface area contributed by atoms with Gasteiger partial charge in [-0.25, -0.2) is 9.97 Å². The predicted octanol–water partition coefficient (Wildman–Crippen LogP) is 3.52. The predicted molar refractivity (Wildman–Crippen MR) is 82.8 cm³/mol. The smallest absolute Gasteiger partial charge is 0.181 e. The third kappa shape index (κ3) is 2.83. The van der Waals surface area contributed by atoms with Crippen molar-refractivity contribution in [1.82, 2.24) is 20.3 Å². The number of hydrogen-bond donors (Lipinski definition) is 2. The third-order valence-electron chi connectivity index (χ3n) is 3.60. The first-order valence-electron chi connectivity index (χ1n) is 7.23. The average molecular weight is 284 g/mol. The Kier molecular flexibility index (Phi) is 3.75. The maximum absolute atomic E-state index is 5.34. The lowest BCUT2D eigenvalue weighted by Gasteiger charge is -2.15. The van der Waals surface area contributed by atoms with E-state index >= 15 is 0 Å². The van der Waals surface area contributed by atoms with E-state index in [1.807, 2.05) is 19.2 Å². The summed E-state index contributed by atoms with van der Waals surface area (Å²) in [5.74, 6) is 2.36. The average Bonchev–Trinajstić information content (AvgIpc) is 3.12. The Balaban J connectivity index is 1.96. The Morgan fingerprint density at radius 1 is 1.33 bits per heavy atom. The molecule has 0 spiro atoms. The van der Waals surface area contributed by atoms with Gasteiger partial charge in [-0.05, 0) is 37.6 Å². The highest BCUT2D eigenvalue weighted by atomic mass is 16.3. The van der Waals surface area contributed by atoms with Gasteiger partial charge < -0.3 is 14.7 Å². The van der Waals surface area contributed by atoms with Gasteiger partial charge in [0.05, 0.1) is 23.3 Å². The third-order valence-corrected chi connectivity index (χ3v) is 3.60. The molecule has 3 rings (SSSR count). The summed E-state index contributed by atoms with van der Waals surface area (Å²) in [5, 5.41) is 3.33. The summed E-state index contributed by atoms with van der Waals surface area (Å²) in [7, 11) is 1.97. The highest BCUT2D eigenvalue weighted by Crippen LogP contribution is 2.25. The van der Waals surface area contributed by atoms with Crippen LogP contribution in [0.25, 0.3) is 22.4 Å². The van der Waals surface area contributed by atoms with Crippen LogP contribution in [0.1, 0.15) is 32.1 Å². The fraction of sp³-hybridized carbons (Fsp3) is 0.375. The van der Waals surface area contributed by atoms with Gasteiger partial charge >= 0.3 is 0 Å². The van der Waals surface area contributed by atoms with E-state index in [0.29, 0.717) is 5.92 Å². The van der Waals surface area contributed by atoms with Gasteiger partial charge in [0.25, 0.3) is 0 Å². The summed E-state index contributed by atoms with van der Waals surface area (Å²) in [4.78, 5) is 12.1. The monoisotopic (exact) mass is 284 g/mol. The van der Waals surface area contributed by atoms with Crippen LogP contribution in [0.15, 0.2) is 35.2 Å². The Morgan fingerprint density at radius 3 is 2.86 bits per heavy atom. The van der Waals surface area contributed by atoms with Crippen LogP contribution in [0.5, 0.6) is 0 Å². The second kappa shape index (κ2) is 5.69. The minimum atomic E-state index is 0.242. The Morgan fingerprint density at radius 2 is 2.19 bits per heavy atom. The molecule has 5 nitrogen and oxygen atoms in total. The molecule has 0 bridgehead atoms. The molecular formula is C16H20N4O. The first-order chi connectivity index (χ1) is 10.2. The van der Waals surface area contributed by atoms with E-state index in [-0.39, 0.29) is 6.04 Å². The first-order valence-corrected chi connectivity index (χ1v) is 7.23. The highest BCUT2D eigenvalue weighted by molar-refractivity contribution is 5.80. The SMILES string of the molecule is CN[C@H](CC(C)C)c1nc2ccc(-c3cnco3)cc2[nH]1. The fourth-order valence-electron chi connectivity index (χ4n) is 2.54. The van der Waals surface area contributed by atoms with E-state index in [9.17, 15) is 0 Å². The van der Waals surface area contributed by atoms with Gasteiger partial charge in [0.2, 0.25) is 0 Å². The van der Waals surface area contributed by atoms with Crippen LogP contribution in [0, 0.1) is 5.92 Å². The minimum absolute atomic E-state index is 0.242. The van der Waals surface area contributed by atoms with Gasteiger partial charge in [-0.15, -0.1) is 0 Å². The summed E-state index contributed by atoms with van der Waals surface area (Å²) < 4.78 is 5.34. The molecule has 0 saturated carbocycles. The molecule has 21 heavy (non-hydrogen) atoms. The van der Waals surface area contributed by atoms with Crippen molar-refractivity contribution in [1.29, 1.82) is 0 Å². The number of fused-ring (bicyclic) bond motifs is 1. The van der Waals surface area contributed by atoms with Crippen molar-refractivity contribution < 1.29 is 4.42 Å². The second-order valence-electron chi connectivity index (χ2n) is 5.69. The number of aromatic nitrogens is 3. The van der Waals surface area contributed by atoms with Crippen LogP contribution >= 0.6 is 0 Å². The van der Waals surface area contributed by atoms with Crippen LogP contribution < -0.4 is 5.32 Å². The lowest BCUT2D eigenvalue weighted by molar-refractivity contribution is 0.443. The molecule has 0 amide bonds. The molecule has 0 aliphatic rings. The van der Waals surface area contributed by atoms with Gasteiger partial charge in [0, 0.05) is 5.56 Å². The van der Waals surface area contributed by atoms with Crippen LogP contribution in [-0.2, 0) is 0 Å². The molecule has 0 radical (unpaired) electrons. The number of hydrogen-bond acceptors (Lipinski definition) is 4. The van der Waals surface area contributed by atoms with Gasteiger partial charge in [-0.2, -0.15) is 0 Å².